The van der Waals surface area contributed by atoms with E-state index in [0.717, 1.165) is 55.8 Å². The monoisotopic (exact) mass is 379 g/mol. The van der Waals surface area contributed by atoms with Gasteiger partial charge in [-0.2, -0.15) is 15.5 Å². The fraction of sp³-hybridized carbons (Fsp3) is 0.500. The van der Waals surface area contributed by atoms with Gasteiger partial charge in [0.1, 0.15) is 17.4 Å². The van der Waals surface area contributed by atoms with Gasteiger partial charge in [0, 0.05) is 37.9 Å². The highest BCUT2D eigenvalue weighted by Gasteiger charge is 2.40. The topological polar surface area (TPSA) is 56.1 Å². The molecule has 2 fully saturated rings. The normalized spacial score (nSPS) is 21.9. The molecule has 4 rings (SSSR count). The maximum absolute atomic E-state index is 14.6. The summed E-state index contributed by atoms with van der Waals surface area (Å²) in [7, 11) is 0. The summed E-state index contributed by atoms with van der Waals surface area (Å²) in [6.45, 7) is 6.68. The van der Waals surface area contributed by atoms with E-state index in [4.69, 9.17) is 0 Å². The van der Waals surface area contributed by atoms with Crippen molar-refractivity contribution in [2.45, 2.75) is 51.7 Å². The van der Waals surface area contributed by atoms with Crippen molar-refractivity contribution in [3.05, 3.63) is 53.1 Å². The Kier molecular flexibility index (Phi) is 5.27. The van der Waals surface area contributed by atoms with E-state index in [2.05, 4.69) is 39.9 Å². The number of hydrogen-bond donors (Lipinski definition) is 0. The van der Waals surface area contributed by atoms with Crippen LogP contribution in [0.5, 0.6) is 0 Å². The summed E-state index contributed by atoms with van der Waals surface area (Å²) in [5.41, 5.74) is 2.88. The second-order valence-electron chi connectivity index (χ2n) is 8.36. The summed E-state index contributed by atoms with van der Waals surface area (Å²) in [4.78, 5) is 4.72. The summed E-state index contributed by atoms with van der Waals surface area (Å²) >= 11 is 0. The minimum Gasteiger partial charge on any atom is -0.367 e. The Bertz CT molecular complexity index is 862. The summed E-state index contributed by atoms with van der Waals surface area (Å²) < 4.78 is 14.6. The maximum Gasteiger partial charge on any atom is 0.143 e. The molecule has 6 heteroatoms. The average molecular weight is 379 g/mol. The van der Waals surface area contributed by atoms with E-state index in [9.17, 15) is 9.65 Å². The molecule has 5 nitrogen and oxygen atoms in total. The summed E-state index contributed by atoms with van der Waals surface area (Å²) in [6.07, 6.45) is 4.75. The lowest BCUT2D eigenvalue weighted by atomic mass is 9.99. The Balaban J connectivity index is 1.57. The fourth-order valence-corrected chi connectivity index (χ4v) is 4.65. The van der Waals surface area contributed by atoms with E-state index < -0.39 is 5.82 Å². The first kappa shape index (κ1) is 18.8. The molecule has 1 aromatic carbocycles. The van der Waals surface area contributed by atoms with Crippen LogP contribution in [0, 0.1) is 23.1 Å². The molecule has 2 aromatic rings. The zero-order valence-electron chi connectivity index (χ0n) is 16.5. The van der Waals surface area contributed by atoms with Gasteiger partial charge in [-0.3, -0.25) is 4.90 Å². The Morgan fingerprint density at radius 3 is 2.61 bits per heavy atom. The van der Waals surface area contributed by atoms with Crippen molar-refractivity contribution in [1.29, 1.82) is 5.26 Å². The van der Waals surface area contributed by atoms with Crippen molar-refractivity contribution in [1.82, 2.24) is 15.1 Å². The number of fused-ring (bicyclic) bond motifs is 2. The number of nitrogens with zero attached hydrogens (tertiary/aromatic N) is 5. The van der Waals surface area contributed by atoms with Gasteiger partial charge in [-0.05, 0) is 55.0 Å². The quantitative estimate of drug-likeness (QED) is 0.795. The van der Waals surface area contributed by atoms with Gasteiger partial charge in [-0.25, -0.2) is 4.39 Å². The van der Waals surface area contributed by atoms with Gasteiger partial charge in [0.2, 0.25) is 0 Å². The van der Waals surface area contributed by atoms with Crippen molar-refractivity contribution < 1.29 is 4.39 Å². The highest BCUT2D eigenvalue weighted by Crippen LogP contribution is 2.36. The largest absolute Gasteiger partial charge is 0.367 e. The van der Waals surface area contributed by atoms with E-state index in [1.807, 2.05) is 18.2 Å². The minimum absolute atomic E-state index is 0.175. The number of benzene rings is 1. The molecule has 28 heavy (non-hydrogen) atoms. The van der Waals surface area contributed by atoms with Crippen molar-refractivity contribution in [3.8, 4) is 6.07 Å². The molecule has 3 heterocycles. The van der Waals surface area contributed by atoms with Gasteiger partial charge in [-0.1, -0.05) is 13.8 Å². The van der Waals surface area contributed by atoms with Crippen LogP contribution in [0.1, 0.15) is 43.5 Å². The molecule has 2 saturated heterocycles. The maximum atomic E-state index is 14.6. The summed E-state index contributed by atoms with van der Waals surface area (Å²) in [5, 5.41) is 17.8. The summed E-state index contributed by atoms with van der Waals surface area (Å²) in [6, 6.07) is 10.4. The molecule has 0 amide bonds. The number of aromatic nitrogens is 2. The average Bonchev–Trinajstić information content (AvgIpc) is 2.89. The second kappa shape index (κ2) is 7.84. The van der Waals surface area contributed by atoms with E-state index in [-0.39, 0.29) is 5.56 Å². The first-order valence-corrected chi connectivity index (χ1v) is 10.0. The van der Waals surface area contributed by atoms with Crippen molar-refractivity contribution >= 4 is 5.69 Å². The van der Waals surface area contributed by atoms with Crippen molar-refractivity contribution in [2.24, 2.45) is 5.92 Å². The number of hydrogen-bond acceptors (Lipinski definition) is 5. The molecular formula is C22H26FN5. The van der Waals surface area contributed by atoms with E-state index >= 15 is 0 Å². The number of halogens is 1. The predicted molar refractivity (Wildman–Crippen MR) is 106 cm³/mol. The highest BCUT2D eigenvalue weighted by atomic mass is 19.1. The zero-order chi connectivity index (χ0) is 19.7. The van der Waals surface area contributed by atoms with Crippen LogP contribution >= 0.6 is 0 Å². The summed E-state index contributed by atoms with van der Waals surface area (Å²) in [5.74, 6) is 0.0465. The third-order valence-electron chi connectivity index (χ3n) is 5.83. The van der Waals surface area contributed by atoms with Gasteiger partial charge in [0.05, 0.1) is 11.4 Å². The Hall–Kier alpha value is -2.52. The Labute approximate surface area is 165 Å². The van der Waals surface area contributed by atoms with Gasteiger partial charge < -0.3 is 4.90 Å². The third kappa shape index (κ3) is 3.72. The molecule has 0 N–H and O–H groups in total. The smallest absolute Gasteiger partial charge is 0.143 e. The van der Waals surface area contributed by atoms with Crippen LogP contribution in [0.15, 0.2) is 30.5 Å². The Morgan fingerprint density at radius 2 is 2.00 bits per heavy atom. The lowest BCUT2D eigenvalue weighted by molar-refractivity contribution is 0.158. The molecule has 0 radical (unpaired) electrons. The van der Waals surface area contributed by atoms with Crippen molar-refractivity contribution in [3.63, 3.8) is 0 Å². The molecular weight excluding hydrogens is 353 g/mol. The molecule has 2 aliphatic heterocycles. The molecule has 0 saturated carbocycles. The van der Waals surface area contributed by atoms with E-state index in [1.165, 1.54) is 6.07 Å². The van der Waals surface area contributed by atoms with Gasteiger partial charge in [0.25, 0.3) is 0 Å². The SMILES string of the molecule is CC(C)Cc1cc(F)c(C#N)c(N2CC3CCC(C2)N3Cc2cccnn2)c1. The standard InChI is InChI=1S/C22H26FN5/c1-15(2)8-16-9-21(23)20(11-24)22(10-16)27-13-18-5-6-19(14-27)28(18)12-17-4-3-7-25-26-17/h3-4,7,9-10,15,18-19H,5-6,8,12-14H2,1-2H3. The van der Waals surface area contributed by atoms with E-state index in [0.29, 0.717) is 18.0 Å². The van der Waals surface area contributed by atoms with Crippen LogP contribution in [-0.4, -0.2) is 40.3 Å². The molecule has 146 valence electrons. The Morgan fingerprint density at radius 1 is 1.25 bits per heavy atom. The number of nitriles is 1. The van der Waals surface area contributed by atoms with Crippen LogP contribution in [0.3, 0.4) is 0 Å². The zero-order valence-corrected chi connectivity index (χ0v) is 16.5. The second-order valence-corrected chi connectivity index (χ2v) is 8.36. The first-order chi connectivity index (χ1) is 13.5. The molecule has 2 bridgehead atoms. The van der Waals surface area contributed by atoms with Gasteiger partial charge in [0.15, 0.2) is 0 Å². The van der Waals surface area contributed by atoms with Crippen LogP contribution < -0.4 is 4.90 Å². The van der Waals surface area contributed by atoms with Crippen LogP contribution in [0.4, 0.5) is 10.1 Å². The number of piperazine rings is 1. The lowest BCUT2D eigenvalue weighted by Gasteiger charge is -2.42. The van der Waals surface area contributed by atoms with Gasteiger partial charge >= 0.3 is 0 Å². The fourth-order valence-electron chi connectivity index (χ4n) is 4.65. The highest BCUT2D eigenvalue weighted by molar-refractivity contribution is 5.62. The van der Waals surface area contributed by atoms with E-state index in [1.54, 1.807) is 6.20 Å². The molecule has 1 aromatic heterocycles. The number of anilines is 1. The molecule has 2 aliphatic rings. The van der Waals surface area contributed by atoms with Crippen LogP contribution in [0.25, 0.3) is 0 Å². The molecule has 0 spiro atoms. The predicted octanol–water partition coefficient (Wildman–Crippen LogP) is 3.54. The molecule has 0 aliphatic carbocycles. The lowest BCUT2D eigenvalue weighted by Crippen LogP contribution is -2.53. The van der Waals surface area contributed by atoms with Gasteiger partial charge in [-0.15, -0.1) is 0 Å². The molecule has 2 atom stereocenters. The minimum atomic E-state index is -0.398. The van der Waals surface area contributed by atoms with Crippen LogP contribution in [-0.2, 0) is 13.0 Å². The molecule has 2 unspecified atom stereocenters. The third-order valence-corrected chi connectivity index (χ3v) is 5.83. The van der Waals surface area contributed by atoms with Crippen LogP contribution in [0.2, 0.25) is 0 Å². The van der Waals surface area contributed by atoms with Crippen molar-refractivity contribution in [2.75, 3.05) is 18.0 Å². The number of rotatable bonds is 5. The first-order valence-electron chi connectivity index (χ1n) is 10.0.